The zero-order chi connectivity index (χ0) is 10.1. The van der Waals surface area contributed by atoms with Crippen LogP contribution in [0.2, 0.25) is 0 Å². The second-order valence-corrected chi connectivity index (χ2v) is 5.93. The Morgan fingerprint density at radius 2 is 2.15 bits per heavy atom. The first-order valence-electron chi connectivity index (χ1n) is 4.44. The maximum Gasteiger partial charge on any atom is 0.247 e. The monoisotopic (exact) mass is 204 g/mol. The molecule has 0 amide bonds. The van der Waals surface area contributed by atoms with Gasteiger partial charge in [-0.15, -0.1) is 0 Å². The van der Waals surface area contributed by atoms with Gasteiger partial charge in [-0.1, -0.05) is 13.8 Å². The van der Waals surface area contributed by atoms with Gasteiger partial charge in [0.2, 0.25) is 10.0 Å². The quantitative estimate of drug-likeness (QED) is 0.700. The van der Waals surface area contributed by atoms with Gasteiger partial charge in [0.05, 0.1) is 5.75 Å². The van der Waals surface area contributed by atoms with Gasteiger partial charge < -0.3 is 0 Å². The lowest BCUT2D eigenvalue weighted by Gasteiger charge is -2.36. The Morgan fingerprint density at radius 3 is 2.46 bits per heavy atom. The van der Waals surface area contributed by atoms with Crippen LogP contribution in [-0.2, 0) is 10.0 Å². The number of sulfonamides is 1. The van der Waals surface area contributed by atoms with Crippen molar-refractivity contribution >= 4 is 15.7 Å². The van der Waals surface area contributed by atoms with Crippen molar-refractivity contribution in [2.45, 2.75) is 33.6 Å². The highest BCUT2D eigenvalue weighted by Crippen LogP contribution is 2.36. The minimum atomic E-state index is -3.18. The fraction of sp³-hybridized carbons (Fsp3) is 0.875. The van der Waals surface area contributed by atoms with Crippen molar-refractivity contribution in [2.75, 3.05) is 5.75 Å². The molecule has 1 rings (SSSR count). The summed E-state index contributed by atoms with van der Waals surface area (Å²) >= 11 is 0. The summed E-state index contributed by atoms with van der Waals surface area (Å²) in [5.74, 6) is 0.0736. The molecular weight excluding hydrogens is 188 g/mol. The minimum absolute atomic E-state index is 0.0736. The Kier molecular flexibility index (Phi) is 2.66. The SMILES string of the molecule is CCS(=O)(=O)N/N=C1/CCC1(C)C. The third-order valence-corrected chi connectivity index (χ3v) is 3.60. The van der Waals surface area contributed by atoms with Crippen LogP contribution in [0, 0.1) is 5.41 Å². The summed E-state index contributed by atoms with van der Waals surface area (Å²) in [6, 6.07) is 0. The number of hydrogen-bond acceptors (Lipinski definition) is 3. The van der Waals surface area contributed by atoms with E-state index in [9.17, 15) is 8.42 Å². The van der Waals surface area contributed by atoms with Gasteiger partial charge in [0.15, 0.2) is 0 Å². The molecular formula is C8H16N2O2S. The fourth-order valence-corrected chi connectivity index (χ4v) is 1.51. The smallest absolute Gasteiger partial charge is 0.205 e. The number of hydrazone groups is 1. The summed E-state index contributed by atoms with van der Waals surface area (Å²) in [6.45, 7) is 5.72. The Balaban J connectivity index is 2.60. The van der Waals surface area contributed by atoms with E-state index in [1.54, 1.807) is 6.92 Å². The first-order chi connectivity index (χ1) is 5.87. The zero-order valence-corrected chi connectivity index (χ0v) is 9.11. The van der Waals surface area contributed by atoms with Crippen LogP contribution in [0.4, 0.5) is 0 Å². The predicted octanol–water partition coefficient (Wildman–Crippen LogP) is 1.10. The normalized spacial score (nSPS) is 24.1. The molecule has 0 atom stereocenters. The molecule has 0 saturated heterocycles. The molecule has 1 aliphatic rings. The van der Waals surface area contributed by atoms with E-state index in [4.69, 9.17) is 0 Å². The van der Waals surface area contributed by atoms with Crippen LogP contribution in [0.3, 0.4) is 0 Å². The molecule has 0 aromatic rings. The van der Waals surface area contributed by atoms with Gasteiger partial charge >= 0.3 is 0 Å². The number of hydrogen-bond donors (Lipinski definition) is 1. The Labute approximate surface area is 79.5 Å². The summed E-state index contributed by atoms with van der Waals surface area (Å²) in [4.78, 5) is 2.23. The van der Waals surface area contributed by atoms with Crippen LogP contribution < -0.4 is 4.83 Å². The van der Waals surface area contributed by atoms with E-state index in [2.05, 4.69) is 23.8 Å². The first kappa shape index (κ1) is 10.5. The van der Waals surface area contributed by atoms with Gasteiger partial charge in [-0.05, 0) is 19.8 Å². The van der Waals surface area contributed by atoms with Crippen LogP contribution >= 0.6 is 0 Å². The molecule has 0 bridgehead atoms. The lowest BCUT2D eigenvalue weighted by Crippen LogP contribution is -2.37. The van der Waals surface area contributed by atoms with Gasteiger partial charge in [0.1, 0.15) is 0 Å². The van der Waals surface area contributed by atoms with Crippen molar-refractivity contribution < 1.29 is 8.42 Å². The minimum Gasteiger partial charge on any atom is -0.205 e. The van der Waals surface area contributed by atoms with E-state index < -0.39 is 10.0 Å². The van der Waals surface area contributed by atoms with Crippen LogP contribution in [-0.4, -0.2) is 19.9 Å². The highest BCUT2D eigenvalue weighted by molar-refractivity contribution is 7.89. The lowest BCUT2D eigenvalue weighted by atomic mass is 9.70. The largest absolute Gasteiger partial charge is 0.247 e. The maximum absolute atomic E-state index is 11.0. The van der Waals surface area contributed by atoms with Crippen molar-refractivity contribution in [3.05, 3.63) is 0 Å². The summed E-state index contributed by atoms with van der Waals surface area (Å²) in [7, 11) is -3.18. The molecule has 0 unspecified atom stereocenters. The van der Waals surface area contributed by atoms with Gasteiger partial charge in [0.25, 0.3) is 0 Å². The van der Waals surface area contributed by atoms with Gasteiger partial charge in [-0.2, -0.15) is 5.10 Å². The molecule has 0 aliphatic heterocycles. The Morgan fingerprint density at radius 1 is 1.54 bits per heavy atom. The highest BCUT2D eigenvalue weighted by Gasteiger charge is 2.34. The number of nitrogens with zero attached hydrogens (tertiary/aromatic N) is 1. The maximum atomic E-state index is 11.0. The summed E-state index contributed by atoms with van der Waals surface area (Å²) in [5.41, 5.74) is 1.03. The number of rotatable bonds is 3. The molecule has 13 heavy (non-hydrogen) atoms. The van der Waals surface area contributed by atoms with Crippen molar-refractivity contribution in [1.29, 1.82) is 0 Å². The van der Waals surface area contributed by atoms with Crippen LogP contribution in [0.15, 0.2) is 5.10 Å². The molecule has 0 heterocycles. The second-order valence-electron chi connectivity index (χ2n) is 3.94. The van der Waals surface area contributed by atoms with E-state index in [-0.39, 0.29) is 11.2 Å². The summed E-state index contributed by atoms with van der Waals surface area (Å²) < 4.78 is 22.1. The third kappa shape index (κ3) is 2.43. The molecule has 1 N–H and O–H groups in total. The van der Waals surface area contributed by atoms with Crippen molar-refractivity contribution in [3.8, 4) is 0 Å². The fourth-order valence-electron chi connectivity index (χ4n) is 1.13. The molecule has 4 nitrogen and oxygen atoms in total. The van der Waals surface area contributed by atoms with Crippen molar-refractivity contribution in [2.24, 2.45) is 10.5 Å². The van der Waals surface area contributed by atoms with E-state index in [1.807, 2.05) is 0 Å². The van der Waals surface area contributed by atoms with E-state index in [0.29, 0.717) is 0 Å². The van der Waals surface area contributed by atoms with E-state index >= 15 is 0 Å². The third-order valence-electron chi connectivity index (χ3n) is 2.47. The van der Waals surface area contributed by atoms with Gasteiger partial charge in [0, 0.05) is 11.1 Å². The van der Waals surface area contributed by atoms with E-state index in [0.717, 1.165) is 18.6 Å². The van der Waals surface area contributed by atoms with Gasteiger partial charge in [-0.3, -0.25) is 0 Å². The predicted molar refractivity (Wildman–Crippen MR) is 53.0 cm³/mol. The van der Waals surface area contributed by atoms with Crippen LogP contribution in [0.25, 0.3) is 0 Å². The molecule has 1 fully saturated rings. The first-order valence-corrected chi connectivity index (χ1v) is 6.09. The molecule has 1 saturated carbocycles. The molecule has 1 aliphatic carbocycles. The number of nitrogens with one attached hydrogen (secondary N) is 1. The lowest BCUT2D eigenvalue weighted by molar-refractivity contribution is 0.404. The molecule has 76 valence electrons. The van der Waals surface area contributed by atoms with Crippen LogP contribution in [0.5, 0.6) is 0 Å². The van der Waals surface area contributed by atoms with Crippen molar-refractivity contribution in [3.63, 3.8) is 0 Å². The second kappa shape index (κ2) is 3.29. The summed E-state index contributed by atoms with van der Waals surface area (Å²) in [5, 5.41) is 3.90. The topological polar surface area (TPSA) is 58.5 Å². The van der Waals surface area contributed by atoms with Crippen molar-refractivity contribution in [1.82, 2.24) is 4.83 Å². The molecule has 5 heteroatoms. The average Bonchev–Trinajstić information content (AvgIpc) is 2.03. The van der Waals surface area contributed by atoms with E-state index in [1.165, 1.54) is 0 Å². The Bertz CT molecular complexity index is 317. The zero-order valence-electron chi connectivity index (χ0n) is 8.29. The molecule has 0 aromatic carbocycles. The summed E-state index contributed by atoms with van der Waals surface area (Å²) in [6.07, 6.45) is 1.99. The molecule has 0 aromatic heterocycles. The van der Waals surface area contributed by atoms with Crippen LogP contribution in [0.1, 0.15) is 33.6 Å². The Hall–Kier alpha value is -0.580. The highest BCUT2D eigenvalue weighted by atomic mass is 32.2. The molecule has 0 radical (unpaired) electrons. The standard InChI is InChI=1S/C8H16N2O2S/c1-4-13(11,12)10-9-7-5-6-8(7,2)3/h10H,4-6H2,1-3H3/b9-7-. The average molecular weight is 204 g/mol. The van der Waals surface area contributed by atoms with Gasteiger partial charge in [-0.25, -0.2) is 13.2 Å². The molecule has 0 spiro atoms.